The minimum absolute atomic E-state index is 0.0375. The highest BCUT2D eigenvalue weighted by molar-refractivity contribution is 6.01. The number of Topliss-reactive ketones (excluding diaryl/α,β-unsaturated/α-hetero) is 1. The van der Waals surface area contributed by atoms with E-state index in [1.54, 1.807) is 0 Å². The standard InChI is InChI=1S/C24H25NO2/c1-2-17-11-13-18(14-12-17)7-3-6-10-23-24-20(22(26)16-27-23)15-19-8-4-5-9-21(19)25-24/h4-5,8-9,11-15,23H,2-3,6-7,10,16H2,1H3. The molecule has 0 bridgehead atoms. The maximum atomic E-state index is 12.3. The van der Waals surface area contributed by atoms with Gasteiger partial charge in [0.25, 0.3) is 0 Å². The molecule has 1 aliphatic rings. The van der Waals surface area contributed by atoms with Crippen LogP contribution in [0.1, 0.15) is 59.5 Å². The Balaban J connectivity index is 1.42. The Hall–Kier alpha value is -2.52. The first-order valence-electron chi connectivity index (χ1n) is 9.87. The van der Waals surface area contributed by atoms with Crippen molar-refractivity contribution in [3.63, 3.8) is 0 Å². The molecular weight excluding hydrogens is 334 g/mol. The van der Waals surface area contributed by atoms with Crippen molar-refractivity contribution in [1.82, 2.24) is 4.98 Å². The number of ketones is 1. The Morgan fingerprint density at radius 2 is 1.81 bits per heavy atom. The van der Waals surface area contributed by atoms with Crippen LogP contribution in [0.2, 0.25) is 0 Å². The normalized spacial score (nSPS) is 16.5. The zero-order chi connectivity index (χ0) is 18.6. The second kappa shape index (κ2) is 8.01. The number of rotatable bonds is 6. The number of aromatic nitrogens is 1. The zero-order valence-electron chi connectivity index (χ0n) is 15.8. The number of para-hydroxylation sites is 1. The van der Waals surface area contributed by atoms with Crippen molar-refractivity contribution in [2.75, 3.05) is 6.61 Å². The van der Waals surface area contributed by atoms with E-state index in [2.05, 4.69) is 31.2 Å². The quantitative estimate of drug-likeness (QED) is 0.548. The third kappa shape index (κ3) is 3.93. The van der Waals surface area contributed by atoms with Gasteiger partial charge in [-0.1, -0.05) is 55.8 Å². The van der Waals surface area contributed by atoms with Crippen molar-refractivity contribution in [2.24, 2.45) is 0 Å². The highest BCUT2D eigenvalue weighted by Crippen LogP contribution is 2.32. The number of pyridine rings is 1. The van der Waals surface area contributed by atoms with E-state index >= 15 is 0 Å². The first-order chi connectivity index (χ1) is 13.2. The first-order valence-corrected chi connectivity index (χ1v) is 9.87. The molecule has 0 saturated carbocycles. The molecular formula is C24H25NO2. The van der Waals surface area contributed by atoms with E-state index < -0.39 is 0 Å². The van der Waals surface area contributed by atoms with Crippen molar-refractivity contribution in [3.05, 3.63) is 77.0 Å². The van der Waals surface area contributed by atoms with Gasteiger partial charge in [-0.2, -0.15) is 0 Å². The lowest BCUT2D eigenvalue weighted by atomic mass is 9.96. The molecule has 0 fully saturated rings. The second-order valence-electron chi connectivity index (χ2n) is 7.25. The number of unbranched alkanes of at least 4 members (excludes halogenated alkanes) is 1. The molecule has 0 N–H and O–H groups in total. The number of hydrogen-bond donors (Lipinski definition) is 0. The summed E-state index contributed by atoms with van der Waals surface area (Å²) in [5, 5.41) is 1.01. The fourth-order valence-corrected chi connectivity index (χ4v) is 3.75. The highest BCUT2D eigenvalue weighted by atomic mass is 16.5. The second-order valence-corrected chi connectivity index (χ2v) is 7.25. The van der Waals surface area contributed by atoms with E-state index in [1.807, 2.05) is 30.3 Å². The van der Waals surface area contributed by atoms with Crippen LogP contribution in [-0.4, -0.2) is 17.4 Å². The molecule has 0 spiro atoms. The molecule has 0 aliphatic carbocycles. The lowest BCUT2D eigenvalue weighted by Crippen LogP contribution is -2.24. The average Bonchev–Trinajstić information content (AvgIpc) is 2.72. The van der Waals surface area contributed by atoms with Gasteiger partial charge >= 0.3 is 0 Å². The summed E-state index contributed by atoms with van der Waals surface area (Å²) in [6, 6.07) is 18.8. The van der Waals surface area contributed by atoms with Crippen LogP contribution in [-0.2, 0) is 17.6 Å². The van der Waals surface area contributed by atoms with E-state index in [9.17, 15) is 4.79 Å². The molecule has 2 heterocycles. The number of carbonyl (C=O) groups is 1. The topological polar surface area (TPSA) is 39.2 Å². The van der Waals surface area contributed by atoms with E-state index in [0.29, 0.717) is 0 Å². The van der Waals surface area contributed by atoms with Crippen LogP contribution in [0, 0.1) is 0 Å². The van der Waals surface area contributed by atoms with E-state index in [1.165, 1.54) is 11.1 Å². The minimum Gasteiger partial charge on any atom is -0.364 e. The Bertz CT molecular complexity index is 946. The molecule has 3 heteroatoms. The maximum absolute atomic E-state index is 12.3. The van der Waals surface area contributed by atoms with Gasteiger partial charge in [-0.15, -0.1) is 0 Å². The van der Waals surface area contributed by atoms with Gasteiger partial charge in [0.2, 0.25) is 0 Å². The van der Waals surface area contributed by atoms with Crippen molar-refractivity contribution >= 4 is 16.7 Å². The summed E-state index contributed by atoms with van der Waals surface area (Å²) in [5.74, 6) is 0.0375. The van der Waals surface area contributed by atoms with Gasteiger partial charge in [0, 0.05) is 10.9 Å². The molecule has 3 aromatic rings. The molecule has 27 heavy (non-hydrogen) atoms. The molecule has 1 aliphatic heterocycles. The predicted molar refractivity (Wildman–Crippen MR) is 108 cm³/mol. The number of ether oxygens (including phenoxy) is 1. The maximum Gasteiger partial charge on any atom is 0.190 e. The Labute approximate surface area is 160 Å². The molecule has 1 unspecified atom stereocenters. The van der Waals surface area contributed by atoms with Gasteiger partial charge in [0.05, 0.1) is 11.2 Å². The third-order valence-electron chi connectivity index (χ3n) is 5.39. The molecule has 0 radical (unpaired) electrons. The average molecular weight is 359 g/mol. The molecule has 138 valence electrons. The Morgan fingerprint density at radius 1 is 1.04 bits per heavy atom. The number of aryl methyl sites for hydroxylation is 2. The summed E-state index contributed by atoms with van der Waals surface area (Å²) < 4.78 is 5.84. The summed E-state index contributed by atoms with van der Waals surface area (Å²) in [4.78, 5) is 17.0. The van der Waals surface area contributed by atoms with Crippen molar-refractivity contribution in [3.8, 4) is 0 Å². The summed E-state index contributed by atoms with van der Waals surface area (Å²) in [7, 11) is 0. The SMILES string of the molecule is CCc1ccc(CCCCC2OCC(=O)c3cc4ccccc4nc32)cc1. The van der Waals surface area contributed by atoms with Gasteiger partial charge in [0.1, 0.15) is 12.7 Å². The smallest absolute Gasteiger partial charge is 0.190 e. The number of fused-ring (bicyclic) bond motifs is 2. The number of carbonyl (C=O) groups excluding carboxylic acids is 1. The van der Waals surface area contributed by atoms with Crippen molar-refractivity contribution in [2.45, 2.75) is 45.1 Å². The van der Waals surface area contributed by atoms with Gasteiger partial charge < -0.3 is 4.74 Å². The molecule has 3 nitrogen and oxygen atoms in total. The summed E-state index contributed by atoms with van der Waals surface area (Å²) in [5.41, 5.74) is 5.25. The zero-order valence-corrected chi connectivity index (χ0v) is 15.8. The highest BCUT2D eigenvalue weighted by Gasteiger charge is 2.27. The molecule has 1 atom stereocenters. The monoisotopic (exact) mass is 359 g/mol. The van der Waals surface area contributed by atoms with Crippen molar-refractivity contribution < 1.29 is 9.53 Å². The van der Waals surface area contributed by atoms with Gasteiger partial charge in [-0.05, 0) is 48.9 Å². The largest absolute Gasteiger partial charge is 0.364 e. The van der Waals surface area contributed by atoms with Crippen LogP contribution < -0.4 is 0 Å². The molecule has 0 saturated heterocycles. The van der Waals surface area contributed by atoms with Crippen LogP contribution in [0.25, 0.3) is 10.9 Å². The molecule has 1 aromatic heterocycles. The summed E-state index contributed by atoms with van der Waals surface area (Å²) in [6.07, 6.45) is 5.15. The minimum atomic E-state index is -0.0789. The Morgan fingerprint density at radius 3 is 2.63 bits per heavy atom. The van der Waals surface area contributed by atoms with Gasteiger partial charge in [0.15, 0.2) is 5.78 Å². The molecule has 2 aromatic carbocycles. The van der Waals surface area contributed by atoms with E-state index in [-0.39, 0.29) is 18.5 Å². The molecule has 4 rings (SSSR count). The lowest BCUT2D eigenvalue weighted by molar-refractivity contribution is 0.0291. The van der Waals surface area contributed by atoms with E-state index in [0.717, 1.165) is 54.3 Å². The first kappa shape index (κ1) is 17.9. The van der Waals surface area contributed by atoms with Crippen LogP contribution in [0.15, 0.2) is 54.6 Å². The van der Waals surface area contributed by atoms with Crippen LogP contribution in [0.3, 0.4) is 0 Å². The lowest BCUT2D eigenvalue weighted by Gasteiger charge is -2.24. The summed E-state index contributed by atoms with van der Waals surface area (Å²) >= 11 is 0. The number of hydrogen-bond acceptors (Lipinski definition) is 3. The predicted octanol–water partition coefficient (Wildman–Crippen LogP) is 5.46. The van der Waals surface area contributed by atoms with Crippen molar-refractivity contribution in [1.29, 1.82) is 0 Å². The number of benzene rings is 2. The van der Waals surface area contributed by atoms with Gasteiger partial charge in [-0.25, -0.2) is 4.98 Å². The van der Waals surface area contributed by atoms with Crippen LogP contribution in [0.5, 0.6) is 0 Å². The fraction of sp³-hybridized carbons (Fsp3) is 0.333. The van der Waals surface area contributed by atoms with Crippen LogP contribution >= 0.6 is 0 Å². The Kier molecular flexibility index (Phi) is 5.30. The number of nitrogens with zero attached hydrogens (tertiary/aromatic N) is 1. The van der Waals surface area contributed by atoms with Crippen LogP contribution in [0.4, 0.5) is 0 Å². The van der Waals surface area contributed by atoms with Gasteiger partial charge in [-0.3, -0.25) is 4.79 Å². The third-order valence-corrected chi connectivity index (χ3v) is 5.39. The van der Waals surface area contributed by atoms with E-state index in [4.69, 9.17) is 9.72 Å². The molecule has 0 amide bonds. The fourth-order valence-electron chi connectivity index (χ4n) is 3.75. The summed E-state index contributed by atoms with van der Waals surface area (Å²) in [6.45, 7) is 2.34.